The van der Waals surface area contributed by atoms with Crippen molar-refractivity contribution in [2.75, 3.05) is 0 Å². The topological polar surface area (TPSA) is 49.9 Å². The number of unbranched alkanes of at least 4 members (excludes halogenated alkanes) is 1. The van der Waals surface area contributed by atoms with Crippen LogP contribution in [0, 0.1) is 0 Å². The fourth-order valence-electron chi connectivity index (χ4n) is 1.13. The number of aromatic nitrogens is 1. The molecular formula is C10H13NO2. The average Bonchev–Trinajstić information content (AvgIpc) is 2.15. The van der Waals surface area contributed by atoms with Gasteiger partial charge in [-0.05, 0) is 25.0 Å². The zero-order valence-corrected chi connectivity index (χ0v) is 7.67. The lowest BCUT2D eigenvalue weighted by atomic mass is 10.2. The predicted octanol–water partition coefficient (Wildman–Crippen LogP) is 1.53. The van der Waals surface area contributed by atoms with E-state index in [0.29, 0.717) is 6.29 Å². The van der Waals surface area contributed by atoms with E-state index in [1.807, 2.05) is 0 Å². The minimum absolute atomic E-state index is 0.195. The Morgan fingerprint density at radius 1 is 1.46 bits per heavy atom. The highest BCUT2D eigenvalue weighted by atomic mass is 16.1. The van der Waals surface area contributed by atoms with Gasteiger partial charge in [-0.2, -0.15) is 0 Å². The highest BCUT2D eigenvalue weighted by Crippen LogP contribution is 1.99. The molecule has 3 nitrogen and oxygen atoms in total. The first-order valence-electron chi connectivity index (χ1n) is 4.45. The third kappa shape index (κ3) is 2.54. The van der Waals surface area contributed by atoms with Gasteiger partial charge in [0.2, 0.25) is 0 Å². The van der Waals surface area contributed by atoms with Gasteiger partial charge in [-0.3, -0.25) is 9.59 Å². The summed E-state index contributed by atoms with van der Waals surface area (Å²) in [4.78, 5) is 24.2. The Morgan fingerprint density at radius 3 is 2.77 bits per heavy atom. The molecule has 0 aromatic carbocycles. The summed E-state index contributed by atoms with van der Waals surface area (Å²) < 4.78 is 0. The monoisotopic (exact) mass is 179 g/mol. The van der Waals surface area contributed by atoms with Gasteiger partial charge in [0.05, 0.1) is 5.56 Å². The summed E-state index contributed by atoms with van der Waals surface area (Å²) in [6, 6.07) is 3.36. The van der Waals surface area contributed by atoms with Gasteiger partial charge in [-0.15, -0.1) is 0 Å². The van der Waals surface area contributed by atoms with Crippen LogP contribution in [0.3, 0.4) is 0 Å². The third-order valence-corrected chi connectivity index (χ3v) is 1.93. The number of aldehydes is 1. The van der Waals surface area contributed by atoms with Gasteiger partial charge in [0.15, 0.2) is 6.29 Å². The molecule has 1 aromatic rings. The van der Waals surface area contributed by atoms with Gasteiger partial charge < -0.3 is 4.98 Å². The molecule has 0 aliphatic heterocycles. The molecule has 0 amide bonds. The highest BCUT2D eigenvalue weighted by molar-refractivity contribution is 5.73. The van der Waals surface area contributed by atoms with Gasteiger partial charge in [-0.25, -0.2) is 0 Å². The van der Waals surface area contributed by atoms with Crippen LogP contribution < -0.4 is 5.56 Å². The summed E-state index contributed by atoms with van der Waals surface area (Å²) >= 11 is 0. The maximum Gasteiger partial charge on any atom is 0.258 e. The Labute approximate surface area is 76.8 Å². The van der Waals surface area contributed by atoms with Crippen LogP contribution in [0.1, 0.15) is 35.8 Å². The van der Waals surface area contributed by atoms with Crippen LogP contribution in [0.2, 0.25) is 0 Å². The van der Waals surface area contributed by atoms with Crippen molar-refractivity contribution in [2.45, 2.75) is 26.2 Å². The van der Waals surface area contributed by atoms with Crippen LogP contribution in [0.4, 0.5) is 0 Å². The van der Waals surface area contributed by atoms with Crippen molar-refractivity contribution in [1.82, 2.24) is 4.98 Å². The normalized spacial score (nSPS) is 9.92. The standard InChI is InChI=1S/C10H13NO2/c1-2-3-4-9-6-5-8(7-12)10(13)11-9/h5-7H,2-4H2,1H3,(H,11,13). The minimum Gasteiger partial charge on any atom is -0.326 e. The Morgan fingerprint density at radius 2 is 2.23 bits per heavy atom. The van der Waals surface area contributed by atoms with E-state index < -0.39 is 0 Å². The SMILES string of the molecule is CCCCc1ccc(C=O)c(=O)[nH]1. The minimum atomic E-state index is -0.288. The van der Waals surface area contributed by atoms with E-state index in [1.54, 1.807) is 12.1 Å². The van der Waals surface area contributed by atoms with Gasteiger partial charge in [0, 0.05) is 5.69 Å². The summed E-state index contributed by atoms with van der Waals surface area (Å²) in [5.74, 6) is 0. The summed E-state index contributed by atoms with van der Waals surface area (Å²) in [7, 11) is 0. The van der Waals surface area contributed by atoms with Crippen LogP contribution >= 0.6 is 0 Å². The summed E-state index contributed by atoms with van der Waals surface area (Å²) in [5.41, 5.74) is 0.807. The summed E-state index contributed by atoms with van der Waals surface area (Å²) in [6.07, 6.45) is 3.58. The zero-order chi connectivity index (χ0) is 9.68. The van der Waals surface area contributed by atoms with Crippen LogP contribution in [0.25, 0.3) is 0 Å². The Kier molecular flexibility index (Phi) is 3.43. The van der Waals surface area contributed by atoms with Gasteiger partial charge in [0.25, 0.3) is 5.56 Å². The van der Waals surface area contributed by atoms with E-state index in [4.69, 9.17) is 0 Å². The van der Waals surface area contributed by atoms with E-state index in [9.17, 15) is 9.59 Å². The molecular weight excluding hydrogens is 166 g/mol. The zero-order valence-electron chi connectivity index (χ0n) is 7.67. The van der Waals surface area contributed by atoms with Crippen molar-refractivity contribution in [2.24, 2.45) is 0 Å². The highest BCUT2D eigenvalue weighted by Gasteiger charge is 1.98. The molecule has 0 fully saturated rings. The lowest BCUT2D eigenvalue weighted by molar-refractivity contribution is 0.112. The van der Waals surface area contributed by atoms with Crippen LogP contribution in [0.15, 0.2) is 16.9 Å². The van der Waals surface area contributed by atoms with Crippen molar-refractivity contribution in [3.63, 3.8) is 0 Å². The molecule has 1 aromatic heterocycles. The van der Waals surface area contributed by atoms with Crippen LogP contribution in [-0.4, -0.2) is 11.3 Å². The lowest BCUT2D eigenvalue weighted by Gasteiger charge is -1.98. The fraction of sp³-hybridized carbons (Fsp3) is 0.400. The Hall–Kier alpha value is -1.38. The Balaban J connectivity index is 2.83. The molecule has 1 heterocycles. The maximum atomic E-state index is 11.1. The number of aryl methyl sites for hydroxylation is 1. The average molecular weight is 179 g/mol. The van der Waals surface area contributed by atoms with E-state index in [-0.39, 0.29) is 11.1 Å². The van der Waals surface area contributed by atoms with Crippen molar-refractivity contribution < 1.29 is 4.79 Å². The van der Waals surface area contributed by atoms with Crippen molar-refractivity contribution in [1.29, 1.82) is 0 Å². The lowest BCUT2D eigenvalue weighted by Crippen LogP contribution is -2.13. The number of pyridine rings is 1. The van der Waals surface area contributed by atoms with E-state index >= 15 is 0 Å². The summed E-state index contributed by atoms with van der Waals surface area (Å²) in [5, 5.41) is 0. The maximum absolute atomic E-state index is 11.1. The van der Waals surface area contributed by atoms with Crippen LogP contribution in [-0.2, 0) is 6.42 Å². The molecule has 0 bridgehead atoms. The molecule has 0 spiro atoms. The smallest absolute Gasteiger partial charge is 0.258 e. The second kappa shape index (κ2) is 4.60. The molecule has 70 valence electrons. The summed E-state index contributed by atoms with van der Waals surface area (Å²) in [6.45, 7) is 2.10. The molecule has 0 unspecified atom stereocenters. The third-order valence-electron chi connectivity index (χ3n) is 1.93. The number of hydrogen-bond acceptors (Lipinski definition) is 2. The molecule has 0 saturated carbocycles. The largest absolute Gasteiger partial charge is 0.326 e. The Bertz CT molecular complexity index is 341. The first-order valence-corrected chi connectivity index (χ1v) is 4.45. The molecule has 0 aliphatic carbocycles. The van der Waals surface area contributed by atoms with E-state index in [1.165, 1.54) is 0 Å². The molecule has 13 heavy (non-hydrogen) atoms. The number of aromatic amines is 1. The molecule has 1 rings (SSSR count). The quantitative estimate of drug-likeness (QED) is 0.712. The number of rotatable bonds is 4. The van der Waals surface area contributed by atoms with Crippen molar-refractivity contribution >= 4 is 6.29 Å². The molecule has 1 N–H and O–H groups in total. The number of hydrogen-bond donors (Lipinski definition) is 1. The van der Waals surface area contributed by atoms with Gasteiger partial charge in [-0.1, -0.05) is 13.3 Å². The molecule has 0 aliphatic rings. The first kappa shape index (κ1) is 9.71. The van der Waals surface area contributed by atoms with Gasteiger partial charge >= 0.3 is 0 Å². The van der Waals surface area contributed by atoms with E-state index in [2.05, 4.69) is 11.9 Å². The van der Waals surface area contributed by atoms with Gasteiger partial charge in [0.1, 0.15) is 0 Å². The number of nitrogens with one attached hydrogen (secondary N) is 1. The van der Waals surface area contributed by atoms with Crippen molar-refractivity contribution in [3.05, 3.63) is 33.7 Å². The van der Waals surface area contributed by atoms with E-state index in [0.717, 1.165) is 25.0 Å². The van der Waals surface area contributed by atoms with Crippen LogP contribution in [0.5, 0.6) is 0 Å². The second-order valence-corrected chi connectivity index (χ2v) is 2.99. The number of carbonyl (C=O) groups is 1. The molecule has 3 heteroatoms. The first-order chi connectivity index (χ1) is 6.27. The number of H-pyrrole nitrogens is 1. The molecule has 0 saturated heterocycles. The molecule has 0 radical (unpaired) electrons. The number of carbonyl (C=O) groups excluding carboxylic acids is 1. The second-order valence-electron chi connectivity index (χ2n) is 2.99. The fourth-order valence-corrected chi connectivity index (χ4v) is 1.13. The molecule has 0 atom stereocenters. The predicted molar refractivity (Wildman–Crippen MR) is 51.1 cm³/mol. The van der Waals surface area contributed by atoms with Crippen molar-refractivity contribution in [3.8, 4) is 0 Å².